The van der Waals surface area contributed by atoms with Crippen LogP contribution in [0.1, 0.15) is 20.8 Å². The lowest BCUT2D eigenvalue weighted by atomic mass is 9.92. The number of hydrogen-bond acceptors (Lipinski definition) is 3. The van der Waals surface area contributed by atoms with E-state index in [-0.39, 0.29) is 5.41 Å². The van der Waals surface area contributed by atoms with E-state index in [1.165, 1.54) is 0 Å². The molecule has 1 heterocycles. The minimum absolute atomic E-state index is 0.301. The SMILES string of the molecule is CC1(C)OCC(C)(C(N)=S)CO1. The Labute approximate surface area is 78.2 Å². The fraction of sp³-hybridized carbons (Fsp3) is 0.875. The molecule has 2 N–H and O–H groups in total. The lowest BCUT2D eigenvalue weighted by molar-refractivity contribution is -0.270. The highest BCUT2D eigenvalue weighted by molar-refractivity contribution is 7.80. The lowest BCUT2D eigenvalue weighted by Gasteiger charge is -2.40. The topological polar surface area (TPSA) is 44.5 Å². The average molecular weight is 189 g/mol. The van der Waals surface area contributed by atoms with Gasteiger partial charge in [0.25, 0.3) is 0 Å². The summed E-state index contributed by atoms with van der Waals surface area (Å²) in [5, 5.41) is 0. The van der Waals surface area contributed by atoms with E-state index in [0.717, 1.165) is 0 Å². The van der Waals surface area contributed by atoms with Gasteiger partial charge in [0, 0.05) is 0 Å². The van der Waals surface area contributed by atoms with Gasteiger partial charge in [0.05, 0.1) is 23.6 Å². The molecule has 0 saturated carbocycles. The molecule has 0 radical (unpaired) electrons. The van der Waals surface area contributed by atoms with Crippen molar-refractivity contribution in [2.24, 2.45) is 11.1 Å². The van der Waals surface area contributed by atoms with E-state index in [2.05, 4.69) is 0 Å². The summed E-state index contributed by atoms with van der Waals surface area (Å²) in [6.45, 7) is 6.79. The van der Waals surface area contributed by atoms with Gasteiger partial charge in [-0.2, -0.15) is 0 Å². The van der Waals surface area contributed by atoms with E-state index >= 15 is 0 Å². The van der Waals surface area contributed by atoms with Crippen LogP contribution >= 0.6 is 12.2 Å². The molecule has 3 nitrogen and oxygen atoms in total. The number of rotatable bonds is 1. The maximum atomic E-state index is 5.56. The van der Waals surface area contributed by atoms with Gasteiger partial charge in [-0.25, -0.2) is 0 Å². The minimum Gasteiger partial charge on any atom is -0.393 e. The van der Waals surface area contributed by atoms with Crippen molar-refractivity contribution in [2.75, 3.05) is 13.2 Å². The molecule has 12 heavy (non-hydrogen) atoms. The Kier molecular flexibility index (Phi) is 2.42. The summed E-state index contributed by atoms with van der Waals surface area (Å²) < 4.78 is 10.9. The lowest BCUT2D eigenvalue weighted by Crippen LogP contribution is -2.50. The molecule has 70 valence electrons. The van der Waals surface area contributed by atoms with E-state index in [4.69, 9.17) is 27.4 Å². The number of nitrogens with two attached hydrogens (primary N) is 1. The zero-order chi connectivity index (χ0) is 9.41. The van der Waals surface area contributed by atoms with Crippen LogP contribution < -0.4 is 5.73 Å². The van der Waals surface area contributed by atoms with Crippen LogP contribution in [0.4, 0.5) is 0 Å². The van der Waals surface area contributed by atoms with E-state index in [1.54, 1.807) is 0 Å². The molecular weight excluding hydrogens is 174 g/mol. The molecule has 1 fully saturated rings. The molecule has 1 rings (SSSR count). The molecule has 0 aromatic carbocycles. The maximum absolute atomic E-state index is 5.56. The molecule has 0 spiro atoms. The van der Waals surface area contributed by atoms with Gasteiger partial charge in [0.2, 0.25) is 0 Å². The van der Waals surface area contributed by atoms with Crippen LogP contribution in [0.2, 0.25) is 0 Å². The second kappa shape index (κ2) is 2.94. The molecule has 1 saturated heterocycles. The second-order valence-corrected chi connectivity index (χ2v) is 4.34. The second-order valence-electron chi connectivity index (χ2n) is 3.90. The largest absolute Gasteiger partial charge is 0.393 e. The van der Waals surface area contributed by atoms with Crippen LogP contribution in [0, 0.1) is 5.41 Å². The fourth-order valence-electron chi connectivity index (χ4n) is 0.892. The number of hydrogen-bond donors (Lipinski definition) is 1. The van der Waals surface area contributed by atoms with Gasteiger partial charge in [-0.1, -0.05) is 12.2 Å². The van der Waals surface area contributed by atoms with Crippen molar-refractivity contribution in [1.82, 2.24) is 0 Å². The normalized spacial score (nSPS) is 26.6. The molecule has 1 aliphatic heterocycles. The Bertz CT molecular complexity index is 193. The zero-order valence-corrected chi connectivity index (χ0v) is 8.53. The summed E-state index contributed by atoms with van der Waals surface area (Å²) in [4.78, 5) is 0.456. The Morgan fingerprint density at radius 1 is 1.25 bits per heavy atom. The summed E-state index contributed by atoms with van der Waals surface area (Å²) in [6.07, 6.45) is 0. The molecule has 0 atom stereocenters. The van der Waals surface area contributed by atoms with Gasteiger partial charge < -0.3 is 15.2 Å². The summed E-state index contributed by atoms with van der Waals surface area (Å²) in [6, 6.07) is 0. The summed E-state index contributed by atoms with van der Waals surface area (Å²) in [5.74, 6) is -0.496. The van der Waals surface area contributed by atoms with Crippen LogP contribution in [0.25, 0.3) is 0 Å². The monoisotopic (exact) mass is 189 g/mol. The molecule has 0 unspecified atom stereocenters. The van der Waals surface area contributed by atoms with Crippen LogP contribution in [0.3, 0.4) is 0 Å². The first-order valence-corrected chi connectivity index (χ1v) is 4.34. The van der Waals surface area contributed by atoms with Crippen LogP contribution in [-0.2, 0) is 9.47 Å². The highest BCUT2D eigenvalue weighted by Crippen LogP contribution is 2.29. The van der Waals surface area contributed by atoms with E-state index in [1.807, 2.05) is 20.8 Å². The molecule has 0 aliphatic carbocycles. The Morgan fingerprint density at radius 2 is 1.67 bits per heavy atom. The van der Waals surface area contributed by atoms with Gasteiger partial charge in [-0.15, -0.1) is 0 Å². The standard InChI is InChI=1S/C8H15NO2S/c1-7(2)10-4-8(3,5-11-7)6(9)12/h4-5H2,1-3H3,(H2,9,12). The van der Waals surface area contributed by atoms with Crippen LogP contribution in [0.5, 0.6) is 0 Å². The molecule has 0 aromatic rings. The highest BCUT2D eigenvalue weighted by Gasteiger charge is 2.38. The third-order valence-corrected chi connectivity index (χ3v) is 2.56. The molecule has 0 amide bonds. The Balaban J connectivity index is 2.62. The van der Waals surface area contributed by atoms with Crippen molar-refractivity contribution < 1.29 is 9.47 Å². The maximum Gasteiger partial charge on any atom is 0.162 e. The van der Waals surface area contributed by atoms with Crippen LogP contribution in [-0.4, -0.2) is 24.0 Å². The minimum atomic E-state index is -0.496. The molecular formula is C8H15NO2S. The van der Waals surface area contributed by atoms with Crippen molar-refractivity contribution in [3.63, 3.8) is 0 Å². The quantitative estimate of drug-likeness (QED) is 0.626. The van der Waals surface area contributed by atoms with Gasteiger partial charge in [-0.05, 0) is 20.8 Å². The number of thiocarbonyl (C=S) groups is 1. The van der Waals surface area contributed by atoms with Gasteiger partial charge >= 0.3 is 0 Å². The summed E-state index contributed by atoms with van der Waals surface area (Å²) in [7, 11) is 0. The highest BCUT2D eigenvalue weighted by atomic mass is 32.1. The smallest absolute Gasteiger partial charge is 0.162 e. The van der Waals surface area contributed by atoms with Crippen molar-refractivity contribution in [3.8, 4) is 0 Å². The van der Waals surface area contributed by atoms with E-state index < -0.39 is 5.79 Å². The molecule has 1 aliphatic rings. The molecule has 4 heteroatoms. The van der Waals surface area contributed by atoms with Crippen molar-refractivity contribution in [2.45, 2.75) is 26.6 Å². The van der Waals surface area contributed by atoms with Crippen molar-refractivity contribution in [1.29, 1.82) is 0 Å². The molecule has 0 aromatic heterocycles. The predicted molar refractivity (Wildman–Crippen MR) is 50.9 cm³/mol. The predicted octanol–water partition coefficient (Wildman–Crippen LogP) is 1.06. The van der Waals surface area contributed by atoms with Gasteiger partial charge in [0.1, 0.15) is 0 Å². The fourth-order valence-corrected chi connectivity index (χ4v) is 1.01. The Morgan fingerprint density at radius 3 is 2.00 bits per heavy atom. The van der Waals surface area contributed by atoms with Gasteiger partial charge in [0.15, 0.2) is 5.79 Å². The first-order chi connectivity index (χ1) is 5.36. The zero-order valence-electron chi connectivity index (χ0n) is 7.72. The Hall–Kier alpha value is -0.190. The third kappa shape index (κ3) is 1.94. The number of ether oxygens (including phenoxy) is 2. The van der Waals surface area contributed by atoms with E-state index in [0.29, 0.717) is 18.2 Å². The van der Waals surface area contributed by atoms with E-state index in [9.17, 15) is 0 Å². The van der Waals surface area contributed by atoms with Gasteiger partial charge in [-0.3, -0.25) is 0 Å². The molecule has 0 bridgehead atoms. The van der Waals surface area contributed by atoms with Crippen LogP contribution in [0.15, 0.2) is 0 Å². The van der Waals surface area contributed by atoms with Crippen molar-refractivity contribution in [3.05, 3.63) is 0 Å². The first-order valence-electron chi connectivity index (χ1n) is 3.94. The summed E-state index contributed by atoms with van der Waals surface area (Å²) in [5.41, 5.74) is 5.26. The summed E-state index contributed by atoms with van der Waals surface area (Å²) >= 11 is 4.92. The average Bonchev–Trinajstić information content (AvgIpc) is 1.96. The first kappa shape index (κ1) is 9.89. The van der Waals surface area contributed by atoms with Crippen molar-refractivity contribution >= 4 is 17.2 Å². The third-order valence-electron chi connectivity index (χ3n) is 2.07.